The molecular weight excluding hydrogens is 172 g/mol. The molecule has 0 saturated carbocycles. The van der Waals surface area contributed by atoms with Crippen LogP contribution in [0.4, 0.5) is 0 Å². The summed E-state index contributed by atoms with van der Waals surface area (Å²) in [5.41, 5.74) is -0.0642. The third kappa shape index (κ3) is 1.72. The van der Waals surface area contributed by atoms with E-state index in [-0.39, 0.29) is 11.5 Å². The minimum atomic E-state index is -0.0642. The van der Waals surface area contributed by atoms with Gasteiger partial charge in [-0.25, -0.2) is 0 Å². The van der Waals surface area contributed by atoms with Gasteiger partial charge in [-0.05, 0) is 6.42 Å². The molecule has 2 rings (SSSR count). The average Bonchev–Trinajstić information content (AvgIpc) is 2.20. The molecule has 2 aliphatic rings. The Labute approximate surface area is 78.1 Å². The van der Waals surface area contributed by atoms with Crippen LogP contribution in [0.3, 0.4) is 0 Å². The van der Waals surface area contributed by atoms with Gasteiger partial charge in [-0.1, -0.05) is 6.92 Å². The van der Waals surface area contributed by atoms with Crippen molar-refractivity contribution in [2.45, 2.75) is 19.4 Å². The summed E-state index contributed by atoms with van der Waals surface area (Å²) in [5.74, 6) is 0. The Kier molecular flexibility index (Phi) is 2.83. The minimum Gasteiger partial charge on any atom is -0.355 e. The highest BCUT2D eigenvalue weighted by Crippen LogP contribution is 2.33. The predicted octanol–water partition coefficient (Wildman–Crippen LogP) is 0.760. The lowest BCUT2D eigenvalue weighted by molar-refractivity contribution is -0.276. The molecule has 13 heavy (non-hydrogen) atoms. The molecule has 4 heteroatoms. The van der Waals surface area contributed by atoms with E-state index in [0.717, 1.165) is 6.42 Å². The van der Waals surface area contributed by atoms with Crippen LogP contribution in [-0.2, 0) is 18.9 Å². The first-order valence-corrected chi connectivity index (χ1v) is 4.72. The highest BCUT2D eigenvalue weighted by atomic mass is 16.7. The van der Waals surface area contributed by atoms with E-state index in [1.807, 2.05) is 0 Å². The van der Waals surface area contributed by atoms with E-state index in [4.69, 9.17) is 18.9 Å². The summed E-state index contributed by atoms with van der Waals surface area (Å²) in [7, 11) is 0. The smallest absolute Gasteiger partial charge is 0.147 e. The van der Waals surface area contributed by atoms with E-state index < -0.39 is 0 Å². The molecular formula is C9H16O4. The number of ether oxygens (including phenoxy) is 4. The van der Waals surface area contributed by atoms with Crippen molar-refractivity contribution >= 4 is 0 Å². The largest absolute Gasteiger partial charge is 0.355 e. The Morgan fingerprint density at radius 3 is 2.31 bits per heavy atom. The molecule has 0 aromatic rings. The van der Waals surface area contributed by atoms with E-state index >= 15 is 0 Å². The molecule has 1 spiro atoms. The van der Waals surface area contributed by atoms with Crippen LogP contribution in [0.1, 0.15) is 13.3 Å². The van der Waals surface area contributed by atoms with Crippen LogP contribution in [0.2, 0.25) is 0 Å². The van der Waals surface area contributed by atoms with E-state index in [0.29, 0.717) is 33.4 Å². The zero-order valence-corrected chi connectivity index (χ0v) is 7.95. The number of hydrogen-bond donors (Lipinski definition) is 0. The van der Waals surface area contributed by atoms with Gasteiger partial charge in [-0.2, -0.15) is 0 Å². The van der Waals surface area contributed by atoms with Crippen molar-refractivity contribution in [3.63, 3.8) is 0 Å². The summed E-state index contributed by atoms with van der Waals surface area (Å²) in [4.78, 5) is 0. The van der Waals surface area contributed by atoms with Crippen molar-refractivity contribution in [3.05, 3.63) is 0 Å². The molecule has 0 aliphatic carbocycles. The van der Waals surface area contributed by atoms with Gasteiger partial charge in [0.25, 0.3) is 0 Å². The van der Waals surface area contributed by atoms with Gasteiger partial charge < -0.3 is 18.9 Å². The van der Waals surface area contributed by atoms with Crippen molar-refractivity contribution < 1.29 is 18.9 Å². The Bertz CT molecular complexity index is 157. The fourth-order valence-corrected chi connectivity index (χ4v) is 2.06. The molecule has 4 nitrogen and oxygen atoms in total. The summed E-state index contributed by atoms with van der Waals surface area (Å²) < 4.78 is 21.5. The SMILES string of the molecule is CCC1OCOCC12COCOC2. The summed E-state index contributed by atoms with van der Waals surface area (Å²) in [6.45, 7) is 4.98. The molecule has 2 aliphatic heterocycles. The summed E-state index contributed by atoms with van der Waals surface area (Å²) in [5, 5.41) is 0. The van der Waals surface area contributed by atoms with Gasteiger partial charge >= 0.3 is 0 Å². The van der Waals surface area contributed by atoms with Gasteiger partial charge in [0.05, 0.1) is 31.3 Å². The zero-order chi connectivity index (χ0) is 9.15. The average molecular weight is 188 g/mol. The Morgan fingerprint density at radius 2 is 1.69 bits per heavy atom. The van der Waals surface area contributed by atoms with Crippen molar-refractivity contribution in [1.29, 1.82) is 0 Å². The lowest BCUT2D eigenvalue weighted by Gasteiger charge is -2.44. The second-order valence-electron chi connectivity index (χ2n) is 3.71. The molecule has 1 atom stereocenters. The Balaban J connectivity index is 2.06. The fraction of sp³-hybridized carbons (Fsp3) is 1.00. The molecule has 2 heterocycles. The number of hydrogen-bond acceptors (Lipinski definition) is 4. The Morgan fingerprint density at radius 1 is 1.08 bits per heavy atom. The predicted molar refractivity (Wildman–Crippen MR) is 45.2 cm³/mol. The molecule has 0 aromatic heterocycles. The molecule has 0 N–H and O–H groups in total. The van der Waals surface area contributed by atoms with Crippen LogP contribution in [0.5, 0.6) is 0 Å². The minimum absolute atomic E-state index is 0.0642. The summed E-state index contributed by atoms with van der Waals surface area (Å²) in [6, 6.07) is 0. The quantitative estimate of drug-likeness (QED) is 0.608. The molecule has 0 amide bonds. The zero-order valence-electron chi connectivity index (χ0n) is 7.95. The van der Waals surface area contributed by atoms with Crippen LogP contribution >= 0.6 is 0 Å². The van der Waals surface area contributed by atoms with E-state index in [1.165, 1.54) is 0 Å². The monoisotopic (exact) mass is 188 g/mol. The van der Waals surface area contributed by atoms with Crippen LogP contribution in [-0.4, -0.2) is 39.5 Å². The van der Waals surface area contributed by atoms with Crippen LogP contribution in [0.25, 0.3) is 0 Å². The van der Waals surface area contributed by atoms with Crippen LogP contribution < -0.4 is 0 Å². The normalized spacial score (nSPS) is 33.5. The van der Waals surface area contributed by atoms with Gasteiger partial charge in [0, 0.05) is 0 Å². The maximum atomic E-state index is 5.54. The third-order valence-corrected chi connectivity index (χ3v) is 2.74. The molecule has 2 fully saturated rings. The van der Waals surface area contributed by atoms with Crippen molar-refractivity contribution in [3.8, 4) is 0 Å². The second kappa shape index (κ2) is 3.92. The summed E-state index contributed by atoms with van der Waals surface area (Å²) >= 11 is 0. The molecule has 0 aromatic carbocycles. The number of rotatable bonds is 1. The second-order valence-corrected chi connectivity index (χ2v) is 3.71. The first-order valence-electron chi connectivity index (χ1n) is 4.72. The topological polar surface area (TPSA) is 36.9 Å². The fourth-order valence-electron chi connectivity index (χ4n) is 2.06. The van der Waals surface area contributed by atoms with E-state index in [2.05, 4.69) is 6.92 Å². The maximum Gasteiger partial charge on any atom is 0.147 e. The molecule has 0 radical (unpaired) electrons. The van der Waals surface area contributed by atoms with Gasteiger partial charge in [0.1, 0.15) is 13.6 Å². The standard InChI is InChI=1S/C9H16O4/c1-2-8-9(5-12-7-13-8)3-10-6-11-4-9/h8H,2-7H2,1H3. The first kappa shape index (κ1) is 9.40. The van der Waals surface area contributed by atoms with Gasteiger partial charge in [0.2, 0.25) is 0 Å². The molecule has 76 valence electrons. The van der Waals surface area contributed by atoms with Gasteiger partial charge in [-0.15, -0.1) is 0 Å². The van der Waals surface area contributed by atoms with Crippen LogP contribution in [0.15, 0.2) is 0 Å². The molecule has 2 saturated heterocycles. The highest BCUT2D eigenvalue weighted by molar-refractivity contribution is 4.89. The maximum absolute atomic E-state index is 5.54. The first-order chi connectivity index (χ1) is 6.37. The third-order valence-electron chi connectivity index (χ3n) is 2.74. The molecule has 1 unspecified atom stereocenters. The molecule has 0 bridgehead atoms. The van der Waals surface area contributed by atoms with E-state index in [1.54, 1.807) is 0 Å². The lowest BCUT2D eigenvalue weighted by Crippen LogP contribution is -2.53. The highest BCUT2D eigenvalue weighted by Gasteiger charge is 2.44. The van der Waals surface area contributed by atoms with Gasteiger partial charge in [-0.3, -0.25) is 0 Å². The van der Waals surface area contributed by atoms with Crippen LogP contribution in [0, 0.1) is 5.41 Å². The van der Waals surface area contributed by atoms with Crippen molar-refractivity contribution in [2.24, 2.45) is 5.41 Å². The lowest BCUT2D eigenvalue weighted by atomic mass is 9.82. The van der Waals surface area contributed by atoms with Crippen molar-refractivity contribution in [2.75, 3.05) is 33.4 Å². The summed E-state index contributed by atoms with van der Waals surface area (Å²) in [6.07, 6.45) is 1.19. The van der Waals surface area contributed by atoms with Crippen molar-refractivity contribution in [1.82, 2.24) is 0 Å². The van der Waals surface area contributed by atoms with E-state index in [9.17, 15) is 0 Å². The van der Waals surface area contributed by atoms with Gasteiger partial charge in [0.15, 0.2) is 0 Å². The Hall–Kier alpha value is -0.160.